The summed E-state index contributed by atoms with van der Waals surface area (Å²) < 4.78 is 0. The van der Waals surface area contributed by atoms with Crippen LogP contribution in [0.5, 0.6) is 0 Å². The Morgan fingerprint density at radius 2 is 2.00 bits per heavy atom. The minimum absolute atomic E-state index is 0.312. The lowest BCUT2D eigenvalue weighted by Crippen LogP contribution is -1.74. The topological polar surface area (TPSA) is 0 Å². The molecular formula is C5H13PS3. The number of unbranched alkanes of at least 4 members (excludes halogenated alkanes) is 2. The van der Waals surface area contributed by atoms with E-state index in [0.29, 0.717) is 0 Å². The first kappa shape index (κ1) is 10.5. The lowest BCUT2D eigenvalue weighted by atomic mass is 10.3. The normalized spacial score (nSPS) is 10.7. The van der Waals surface area contributed by atoms with Gasteiger partial charge in [-0.3, -0.25) is 0 Å². The van der Waals surface area contributed by atoms with Crippen LogP contribution < -0.4 is 0 Å². The van der Waals surface area contributed by atoms with Crippen LogP contribution in [0.25, 0.3) is 0 Å². The molecule has 9 heavy (non-hydrogen) atoms. The van der Waals surface area contributed by atoms with E-state index in [0.717, 1.165) is 0 Å². The van der Waals surface area contributed by atoms with E-state index in [4.69, 9.17) is 0 Å². The average molecular weight is 200 g/mol. The molecule has 0 unspecified atom stereocenters. The van der Waals surface area contributed by atoms with Crippen molar-refractivity contribution in [1.29, 1.82) is 0 Å². The Labute approximate surface area is 73.4 Å². The summed E-state index contributed by atoms with van der Waals surface area (Å²) >= 11 is 10.2. The van der Waals surface area contributed by atoms with Gasteiger partial charge in [0, 0.05) is 0 Å². The van der Waals surface area contributed by atoms with Crippen molar-refractivity contribution < 1.29 is 0 Å². The van der Waals surface area contributed by atoms with Crippen LogP contribution in [0, 0.1) is 0 Å². The van der Waals surface area contributed by atoms with Gasteiger partial charge in [-0.25, -0.2) is 0 Å². The van der Waals surface area contributed by atoms with Crippen LogP contribution in [-0.4, -0.2) is 5.75 Å². The number of rotatable bonds is 5. The summed E-state index contributed by atoms with van der Waals surface area (Å²) in [6.07, 6.45) is 3.97. The van der Waals surface area contributed by atoms with Gasteiger partial charge in [0.15, 0.2) is 0 Å². The van der Waals surface area contributed by atoms with E-state index in [1.54, 1.807) is 0 Å². The lowest BCUT2D eigenvalue weighted by molar-refractivity contribution is 0.779. The zero-order chi connectivity index (χ0) is 7.11. The van der Waals surface area contributed by atoms with Gasteiger partial charge in [0.05, 0.1) is 5.53 Å². The summed E-state index contributed by atoms with van der Waals surface area (Å²) in [5.41, 5.74) is -0.312. The summed E-state index contributed by atoms with van der Waals surface area (Å²) in [5.74, 6) is 1.23. The molecule has 0 aromatic carbocycles. The van der Waals surface area contributed by atoms with Crippen molar-refractivity contribution in [3.05, 3.63) is 0 Å². The van der Waals surface area contributed by atoms with Crippen molar-refractivity contribution >= 4 is 41.4 Å². The number of thiol groups is 2. The molecule has 0 atom stereocenters. The van der Waals surface area contributed by atoms with Crippen LogP contribution in [0.2, 0.25) is 0 Å². The Balaban J connectivity index is 2.75. The molecule has 0 saturated heterocycles. The fraction of sp³-hybridized carbons (Fsp3) is 1.00. The quantitative estimate of drug-likeness (QED) is 0.384. The minimum atomic E-state index is -0.312. The van der Waals surface area contributed by atoms with Gasteiger partial charge >= 0.3 is 0 Å². The van der Waals surface area contributed by atoms with Gasteiger partial charge in [-0.15, -0.1) is 35.9 Å². The molecular weight excluding hydrogens is 187 g/mol. The van der Waals surface area contributed by atoms with Crippen LogP contribution in [0.15, 0.2) is 0 Å². The summed E-state index contributed by atoms with van der Waals surface area (Å²) in [7, 11) is 0. The average Bonchev–Trinajstić information content (AvgIpc) is 1.80. The molecule has 0 nitrogen and oxygen atoms in total. The molecule has 0 amide bonds. The van der Waals surface area contributed by atoms with E-state index in [2.05, 4.69) is 31.4 Å². The highest BCUT2D eigenvalue weighted by atomic mass is 33.3. The molecule has 0 aliphatic rings. The van der Waals surface area contributed by atoms with Gasteiger partial charge in [-0.2, -0.15) is 0 Å². The molecule has 0 N–H and O–H groups in total. The Morgan fingerprint density at radius 3 is 2.44 bits per heavy atom. The number of hydrogen-bond donors (Lipinski definition) is 2. The van der Waals surface area contributed by atoms with Crippen molar-refractivity contribution in [1.82, 2.24) is 0 Å². The Bertz CT molecular complexity index is 58.2. The van der Waals surface area contributed by atoms with E-state index in [1.807, 2.05) is 11.4 Å². The molecule has 56 valence electrons. The SMILES string of the molecule is CCCCCSP(S)S. The highest BCUT2D eigenvalue weighted by Crippen LogP contribution is 2.58. The molecule has 0 aromatic heterocycles. The third-order valence-electron chi connectivity index (χ3n) is 0.955. The van der Waals surface area contributed by atoms with Gasteiger partial charge in [0.1, 0.15) is 0 Å². The standard InChI is InChI=1S/C5H13PS3/c1-2-3-4-5-9-6(7)8/h7-8H,2-5H2,1H3. The first-order valence-corrected chi connectivity index (χ1v) is 8.32. The molecule has 0 radical (unpaired) electrons. The lowest BCUT2D eigenvalue weighted by Gasteiger charge is -2.00. The van der Waals surface area contributed by atoms with E-state index in [1.165, 1.54) is 25.0 Å². The molecule has 4 heteroatoms. The predicted octanol–water partition coefficient (Wildman–Crippen LogP) is 4.00. The minimum Gasteiger partial charge on any atom is -0.130 e. The smallest absolute Gasteiger partial charge is 0.0666 e. The second kappa shape index (κ2) is 7.59. The van der Waals surface area contributed by atoms with Gasteiger partial charge in [-0.1, -0.05) is 19.8 Å². The Kier molecular flexibility index (Phi) is 8.83. The molecule has 0 saturated carbocycles. The molecule has 0 fully saturated rings. The van der Waals surface area contributed by atoms with Crippen LogP contribution in [0.3, 0.4) is 0 Å². The second-order valence-corrected chi connectivity index (χ2v) is 9.81. The maximum absolute atomic E-state index is 4.19. The monoisotopic (exact) mass is 200 g/mol. The Hall–Kier alpha value is 1.48. The third-order valence-corrected chi connectivity index (χ3v) is 4.98. The van der Waals surface area contributed by atoms with E-state index >= 15 is 0 Å². The van der Waals surface area contributed by atoms with Gasteiger partial charge in [0.25, 0.3) is 0 Å². The summed E-state index contributed by atoms with van der Waals surface area (Å²) in [4.78, 5) is 0. The maximum Gasteiger partial charge on any atom is 0.0666 e. The molecule has 0 rings (SSSR count). The van der Waals surface area contributed by atoms with E-state index < -0.39 is 0 Å². The van der Waals surface area contributed by atoms with Crippen molar-refractivity contribution in [2.75, 3.05) is 5.75 Å². The number of hydrogen-bond acceptors (Lipinski definition) is 3. The molecule has 0 heterocycles. The second-order valence-electron chi connectivity index (χ2n) is 1.79. The van der Waals surface area contributed by atoms with Crippen molar-refractivity contribution in [3.8, 4) is 0 Å². The van der Waals surface area contributed by atoms with Crippen molar-refractivity contribution in [2.45, 2.75) is 26.2 Å². The van der Waals surface area contributed by atoms with E-state index in [9.17, 15) is 0 Å². The molecule has 0 aromatic rings. The van der Waals surface area contributed by atoms with Crippen LogP contribution in [0.1, 0.15) is 26.2 Å². The maximum atomic E-state index is 4.19. The van der Waals surface area contributed by atoms with Crippen LogP contribution in [0.4, 0.5) is 0 Å². The fourth-order valence-corrected chi connectivity index (χ4v) is 3.34. The molecule has 0 bridgehead atoms. The first-order valence-electron chi connectivity index (χ1n) is 3.08. The zero-order valence-electron chi connectivity index (χ0n) is 5.58. The highest BCUT2D eigenvalue weighted by Gasteiger charge is 1.93. The van der Waals surface area contributed by atoms with Gasteiger partial charge in [0.2, 0.25) is 0 Å². The fourth-order valence-electron chi connectivity index (χ4n) is 0.498. The van der Waals surface area contributed by atoms with Crippen molar-refractivity contribution in [3.63, 3.8) is 0 Å². The Morgan fingerprint density at radius 1 is 1.33 bits per heavy atom. The van der Waals surface area contributed by atoms with Gasteiger partial charge in [-0.05, 0) is 12.2 Å². The molecule has 0 spiro atoms. The van der Waals surface area contributed by atoms with Gasteiger partial charge < -0.3 is 0 Å². The third kappa shape index (κ3) is 9.48. The summed E-state index contributed by atoms with van der Waals surface area (Å²) in [6, 6.07) is 0. The molecule has 0 aliphatic carbocycles. The van der Waals surface area contributed by atoms with Crippen LogP contribution >= 0.6 is 41.4 Å². The summed E-state index contributed by atoms with van der Waals surface area (Å²) in [5, 5.41) is 0. The van der Waals surface area contributed by atoms with Crippen LogP contribution in [-0.2, 0) is 0 Å². The largest absolute Gasteiger partial charge is 0.130 e. The van der Waals surface area contributed by atoms with Crippen molar-refractivity contribution in [2.24, 2.45) is 0 Å². The first-order chi connectivity index (χ1) is 4.27. The summed E-state index contributed by atoms with van der Waals surface area (Å²) in [6.45, 7) is 2.22. The highest BCUT2D eigenvalue weighted by molar-refractivity contribution is 9.06. The predicted molar refractivity (Wildman–Crippen MR) is 56.9 cm³/mol. The zero-order valence-corrected chi connectivity index (χ0v) is 9.08. The molecule has 0 aliphatic heterocycles. The van der Waals surface area contributed by atoms with E-state index in [-0.39, 0.29) is 5.53 Å².